The summed E-state index contributed by atoms with van der Waals surface area (Å²) in [6.07, 6.45) is 1.59. The molecule has 0 aliphatic rings. The molecule has 0 fully saturated rings. The number of hydrogen-bond acceptors (Lipinski definition) is 4. The number of rotatable bonds is 9. The molecule has 4 aromatic rings. The van der Waals surface area contributed by atoms with Crippen LogP contribution >= 0.6 is 23.4 Å². The standard InChI is InChI=1S/C32H28ClN3O3S/c1-21-7-6-8-22(2)30(21)36-29(37)20-40-27-17-15-26(16-18-27)34-32(39)28(19-23-11-13-25(33)14-12-23)35-31(38)24-9-4-3-5-10-24/h3-19H,20H2,1-2H3,(H,34,39)(H,35,38)(H,36,37)/b28-19-. The minimum absolute atomic E-state index is 0.0813. The first-order valence-corrected chi connectivity index (χ1v) is 13.9. The van der Waals surface area contributed by atoms with Crippen LogP contribution in [0, 0.1) is 13.8 Å². The van der Waals surface area contributed by atoms with Crippen LogP contribution in [0.25, 0.3) is 6.08 Å². The summed E-state index contributed by atoms with van der Waals surface area (Å²) in [4.78, 5) is 39.4. The molecular weight excluding hydrogens is 542 g/mol. The third kappa shape index (κ3) is 8.09. The zero-order valence-electron chi connectivity index (χ0n) is 22.0. The molecule has 0 unspecified atom stereocenters. The van der Waals surface area contributed by atoms with Gasteiger partial charge < -0.3 is 16.0 Å². The third-order valence-electron chi connectivity index (χ3n) is 5.94. The van der Waals surface area contributed by atoms with Gasteiger partial charge in [-0.3, -0.25) is 14.4 Å². The summed E-state index contributed by atoms with van der Waals surface area (Å²) >= 11 is 7.39. The average molecular weight is 570 g/mol. The maximum Gasteiger partial charge on any atom is 0.272 e. The summed E-state index contributed by atoms with van der Waals surface area (Å²) in [5.41, 5.74) is 4.64. The summed E-state index contributed by atoms with van der Waals surface area (Å²) in [7, 11) is 0. The highest BCUT2D eigenvalue weighted by atomic mass is 35.5. The summed E-state index contributed by atoms with van der Waals surface area (Å²) in [6.45, 7) is 3.93. The molecule has 0 aliphatic heterocycles. The molecule has 0 spiro atoms. The van der Waals surface area contributed by atoms with Gasteiger partial charge in [-0.1, -0.05) is 60.1 Å². The summed E-state index contributed by atoms with van der Waals surface area (Å²) < 4.78 is 0. The SMILES string of the molecule is Cc1cccc(C)c1NC(=O)CSc1ccc(NC(=O)/C(=C/c2ccc(Cl)cc2)NC(=O)c2ccccc2)cc1. The predicted octanol–water partition coefficient (Wildman–Crippen LogP) is 7.10. The van der Waals surface area contributed by atoms with Crippen LogP contribution in [0.1, 0.15) is 27.0 Å². The molecule has 3 N–H and O–H groups in total. The Hall–Kier alpha value is -4.33. The van der Waals surface area contributed by atoms with Crippen LogP contribution in [0.2, 0.25) is 5.02 Å². The smallest absolute Gasteiger partial charge is 0.272 e. The highest BCUT2D eigenvalue weighted by Gasteiger charge is 2.15. The first-order chi connectivity index (χ1) is 19.3. The molecular formula is C32H28ClN3O3S. The number of halogens is 1. The minimum atomic E-state index is -0.479. The van der Waals surface area contributed by atoms with Gasteiger partial charge in [0.25, 0.3) is 11.8 Å². The topological polar surface area (TPSA) is 87.3 Å². The second-order valence-electron chi connectivity index (χ2n) is 9.01. The molecule has 0 radical (unpaired) electrons. The molecule has 4 aromatic carbocycles. The number of anilines is 2. The second-order valence-corrected chi connectivity index (χ2v) is 10.5. The van der Waals surface area contributed by atoms with Crippen molar-refractivity contribution in [2.75, 3.05) is 16.4 Å². The van der Waals surface area contributed by atoms with Crippen LogP contribution in [0.4, 0.5) is 11.4 Å². The van der Waals surface area contributed by atoms with E-state index in [2.05, 4.69) is 16.0 Å². The van der Waals surface area contributed by atoms with E-state index in [4.69, 9.17) is 11.6 Å². The van der Waals surface area contributed by atoms with Crippen LogP contribution in [0.5, 0.6) is 0 Å². The number of aryl methyl sites for hydroxylation is 2. The minimum Gasteiger partial charge on any atom is -0.325 e. The Kier molecular flexibility index (Phi) is 9.78. The Morgan fingerprint density at radius 3 is 2.08 bits per heavy atom. The van der Waals surface area contributed by atoms with E-state index in [-0.39, 0.29) is 17.4 Å². The average Bonchev–Trinajstić information content (AvgIpc) is 2.96. The van der Waals surface area contributed by atoms with E-state index < -0.39 is 11.8 Å². The number of carbonyl (C=O) groups excluding carboxylic acids is 3. The summed E-state index contributed by atoms with van der Waals surface area (Å²) in [5, 5.41) is 9.10. The molecule has 0 bridgehead atoms. The Morgan fingerprint density at radius 2 is 1.43 bits per heavy atom. The molecule has 40 heavy (non-hydrogen) atoms. The van der Waals surface area contributed by atoms with Crippen molar-refractivity contribution in [1.82, 2.24) is 5.32 Å². The van der Waals surface area contributed by atoms with Gasteiger partial charge in [-0.05, 0) is 85.1 Å². The van der Waals surface area contributed by atoms with E-state index in [1.807, 2.05) is 50.2 Å². The molecule has 0 aromatic heterocycles. The van der Waals surface area contributed by atoms with Gasteiger partial charge in [0.2, 0.25) is 5.91 Å². The second kappa shape index (κ2) is 13.6. The lowest BCUT2D eigenvalue weighted by atomic mass is 10.1. The highest BCUT2D eigenvalue weighted by Crippen LogP contribution is 2.23. The third-order valence-corrected chi connectivity index (χ3v) is 7.20. The van der Waals surface area contributed by atoms with Crippen LogP contribution in [-0.4, -0.2) is 23.5 Å². The molecule has 4 rings (SSSR count). The zero-order valence-corrected chi connectivity index (χ0v) is 23.6. The van der Waals surface area contributed by atoms with Gasteiger partial charge in [0, 0.05) is 26.9 Å². The number of para-hydroxylation sites is 1. The van der Waals surface area contributed by atoms with Crippen molar-refractivity contribution in [3.8, 4) is 0 Å². The Morgan fingerprint density at radius 1 is 0.775 bits per heavy atom. The van der Waals surface area contributed by atoms with E-state index in [0.717, 1.165) is 21.7 Å². The fourth-order valence-electron chi connectivity index (χ4n) is 3.84. The number of benzene rings is 4. The van der Waals surface area contributed by atoms with E-state index >= 15 is 0 Å². The highest BCUT2D eigenvalue weighted by molar-refractivity contribution is 8.00. The molecule has 0 atom stereocenters. The predicted molar refractivity (Wildman–Crippen MR) is 164 cm³/mol. The summed E-state index contributed by atoms with van der Waals surface area (Å²) in [6, 6.07) is 28.7. The molecule has 0 aliphatic carbocycles. The number of amides is 3. The monoisotopic (exact) mass is 569 g/mol. The fraction of sp³-hybridized carbons (Fsp3) is 0.0938. The normalized spacial score (nSPS) is 11.0. The van der Waals surface area contributed by atoms with E-state index in [1.54, 1.807) is 66.7 Å². The van der Waals surface area contributed by atoms with Crippen molar-refractivity contribution in [1.29, 1.82) is 0 Å². The number of carbonyl (C=O) groups is 3. The quantitative estimate of drug-likeness (QED) is 0.148. The van der Waals surface area contributed by atoms with E-state index in [0.29, 0.717) is 21.8 Å². The van der Waals surface area contributed by atoms with Gasteiger partial charge in [0.1, 0.15) is 5.70 Å². The van der Waals surface area contributed by atoms with Crippen molar-refractivity contribution in [3.63, 3.8) is 0 Å². The van der Waals surface area contributed by atoms with Crippen molar-refractivity contribution in [2.45, 2.75) is 18.7 Å². The maximum atomic E-state index is 13.2. The first kappa shape index (κ1) is 28.7. The maximum absolute atomic E-state index is 13.2. The molecule has 0 saturated heterocycles. The Balaban J connectivity index is 1.41. The van der Waals surface area contributed by atoms with Gasteiger partial charge in [-0.2, -0.15) is 0 Å². The molecule has 3 amide bonds. The zero-order chi connectivity index (χ0) is 28.5. The molecule has 202 valence electrons. The van der Waals surface area contributed by atoms with Crippen LogP contribution < -0.4 is 16.0 Å². The first-order valence-electron chi connectivity index (χ1n) is 12.5. The van der Waals surface area contributed by atoms with Crippen LogP contribution in [0.15, 0.2) is 108 Å². The number of hydrogen-bond donors (Lipinski definition) is 3. The van der Waals surface area contributed by atoms with Gasteiger partial charge in [0.05, 0.1) is 5.75 Å². The summed E-state index contributed by atoms with van der Waals surface area (Å²) in [5.74, 6) is -0.723. The lowest BCUT2D eigenvalue weighted by molar-refractivity contribution is -0.114. The van der Waals surface area contributed by atoms with Crippen molar-refractivity contribution in [2.24, 2.45) is 0 Å². The van der Waals surface area contributed by atoms with Crippen molar-refractivity contribution >= 4 is 58.5 Å². The van der Waals surface area contributed by atoms with Crippen LogP contribution in [0.3, 0.4) is 0 Å². The fourth-order valence-corrected chi connectivity index (χ4v) is 4.66. The van der Waals surface area contributed by atoms with E-state index in [9.17, 15) is 14.4 Å². The largest absolute Gasteiger partial charge is 0.325 e. The van der Waals surface area contributed by atoms with Gasteiger partial charge in [-0.25, -0.2) is 0 Å². The van der Waals surface area contributed by atoms with Gasteiger partial charge in [-0.15, -0.1) is 11.8 Å². The molecule has 8 heteroatoms. The van der Waals surface area contributed by atoms with Crippen molar-refractivity contribution < 1.29 is 14.4 Å². The van der Waals surface area contributed by atoms with Gasteiger partial charge >= 0.3 is 0 Å². The molecule has 6 nitrogen and oxygen atoms in total. The number of nitrogens with one attached hydrogen (secondary N) is 3. The molecule has 0 saturated carbocycles. The number of thioether (sulfide) groups is 1. The molecule has 0 heterocycles. The Labute approximate surface area is 242 Å². The van der Waals surface area contributed by atoms with Crippen LogP contribution in [-0.2, 0) is 9.59 Å². The lowest BCUT2D eigenvalue weighted by Crippen LogP contribution is -2.30. The van der Waals surface area contributed by atoms with E-state index in [1.165, 1.54) is 11.8 Å². The van der Waals surface area contributed by atoms with Gasteiger partial charge in [0.15, 0.2) is 0 Å². The Bertz CT molecular complexity index is 1520. The lowest BCUT2D eigenvalue weighted by Gasteiger charge is -2.12. The van der Waals surface area contributed by atoms with Crippen molar-refractivity contribution in [3.05, 3.63) is 130 Å².